The number of thiazole rings is 1. The maximum absolute atomic E-state index is 11.4. The number of Topliss-reactive ketones (excluding diaryl/α,β-unsaturated/α-hetero) is 1. The number of aromatic carboxylic acids is 1. The molecule has 1 heterocycles. The number of benzene rings is 1. The molecule has 20 heavy (non-hydrogen) atoms. The van der Waals surface area contributed by atoms with Crippen molar-refractivity contribution in [2.45, 2.75) is 6.92 Å². The van der Waals surface area contributed by atoms with Gasteiger partial charge >= 0.3 is 5.97 Å². The van der Waals surface area contributed by atoms with Gasteiger partial charge in [-0.05, 0) is 44.0 Å². The molecular weight excluding hydrogens is 412 g/mol. The summed E-state index contributed by atoms with van der Waals surface area (Å²) < 4.78 is 1.59. The van der Waals surface area contributed by atoms with Crippen molar-refractivity contribution in [1.29, 1.82) is 0 Å². The van der Waals surface area contributed by atoms with Crippen LogP contribution in [0.1, 0.15) is 27.1 Å². The average molecular weight is 420 g/mol. The minimum Gasteiger partial charge on any atom is -0.476 e. The van der Waals surface area contributed by atoms with Gasteiger partial charge in [0.2, 0.25) is 0 Å². The van der Waals surface area contributed by atoms with E-state index in [4.69, 9.17) is 5.11 Å². The molecule has 0 aliphatic carbocycles. The zero-order valence-electron chi connectivity index (χ0n) is 10.1. The van der Waals surface area contributed by atoms with Crippen LogP contribution < -0.4 is 5.32 Å². The van der Waals surface area contributed by atoms with Crippen molar-refractivity contribution >= 4 is 65.8 Å². The van der Waals surface area contributed by atoms with Crippen LogP contribution in [0.15, 0.2) is 27.1 Å². The summed E-state index contributed by atoms with van der Waals surface area (Å²) in [5.74, 6) is -1.54. The second kappa shape index (κ2) is 6.02. The Kier molecular flexibility index (Phi) is 4.56. The Morgan fingerprint density at radius 3 is 2.35 bits per heavy atom. The molecule has 0 atom stereocenters. The van der Waals surface area contributed by atoms with E-state index in [1.807, 2.05) is 18.2 Å². The maximum atomic E-state index is 11.4. The van der Waals surface area contributed by atoms with Crippen molar-refractivity contribution < 1.29 is 14.7 Å². The zero-order chi connectivity index (χ0) is 14.9. The highest BCUT2D eigenvalue weighted by molar-refractivity contribution is 9.11. The number of nitrogens with one attached hydrogen (secondary N) is 1. The van der Waals surface area contributed by atoms with Crippen molar-refractivity contribution in [1.82, 2.24) is 4.98 Å². The Bertz CT molecular complexity index is 648. The molecule has 1 aromatic heterocycles. The smallest absolute Gasteiger partial charge is 0.356 e. The van der Waals surface area contributed by atoms with Crippen LogP contribution in [0.4, 0.5) is 10.8 Å². The van der Waals surface area contributed by atoms with Crippen molar-refractivity contribution in [3.8, 4) is 0 Å². The van der Waals surface area contributed by atoms with Gasteiger partial charge in [-0.15, -0.1) is 0 Å². The summed E-state index contributed by atoms with van der Waals surface area (Å²) in [6, 6.07) is 5.53. The van der Waals surface area contributed by atoms with E-state index in [1.54, 1.807) is 0 Å². The highest BCUT2D eigenvalue weighted by Gasteiger charge is 2.21. The number of carboxylic acids is 1. The van der Waals surface area contributed by atoms with Gasteiger partial charge in [0.15, 0.2) is 16.6 Å². The number of ketones is 1. The molecule has 0 spiro atoms. The number of hydrogen-bond donors (Lipinski definition) is 2. The second-order valence-electron chi connectivity index (χ2n) is 3.78. The lowest BCUT2D eigenvalue weighted by Gasteiger charge is -2.07. The van der Waals surface area contributed by atoms with Crippen LogP contribution in [0.2, 0.25) is 0 Å². The maximum Gasteiger partial charge on any atom is 0.356 e. The van der Waals surface area contributed by atoms with Gasteiger partial charge in [0.05, 0.1) is 5.69 Å². The molecule has 8 heteroatoms. The van der Waals surface area contributed by atoms with E-state index < -0.39 is 5.97 Å². The molecule has 2 N–H and O–H groups in total. The quantitative estimate of drug-likeness (QED) is 0.721. The Hall–Kier alpha value is -1.25. The topological polar surface area (TPSA) is 79.3 Å². The first-order valence-electron chi connectivity index (χ1n) is 5.36. The largest absolute Gasteiger partial charge is 0.476 e. The molecule has 2 rings (SSSR count). The molecule has 0 aliphatic rings. The van der Waals surface area contributed by atoms with E-state index in [0.717, 1.165) is 20.3 Å². The Balaban J connectivity index is 2.42. The first-order chi connectivity index (χ1) is 9.40. The van der Waals surface area contributed by atoms with Crippen LogP contribution in [0, 0.1) is 0 Å². The Morgan fingerprint density at radius 2 is 1.90 bits per heavy atom. The van der Waals surface area contributed by atoms with E-state index in [-0.39, 0.29) is 16.4 Å². The van der Waals surface area contributed by atoms with Crippen LogP contribution in [0.25, 0.3) is 0 Å². The molecule has 0 radical (unpaired) electrons. The summed E-state index contributed by atoms with van der Waals surface area (Å²) in [6.07, 6.45) is 0. The number of anilines is 2. The molecule has 0 aliphatic heterocycles. The minimum atomic E-state index is -1.22. The molecule has 104 valence electrons. The predicted octanol–water partition coefficient (Wildman–Crippen LogP) is 4.31. The first kappa shape index (κ1) is 15.1. The molecule has 0 amide bonds. The lowest BCUT2D eigenvalue weighted by Crippen LogP contribution is -2.03. The van der Waals surface area contributed by atoms with Gasteiger partial charge in [-0.2, -0.15) is 0 Å². The first-order valence-corrected chi connectivity index (χ1v) is 7.76. The number of carbonyl (C=O) groups is 2. The van der Waals surface area contributed by atoms with Gasteiger partial charge in [-0.3, -0.25) is 4.79 Å². The number of rotatable bonds is 4. The standard InChI is InChI=1S/C12H8Br2N2O3S/c1-5(17)10-9(11(18)19)16-12(20-10)15-8-6(13)3-2-4-7(8)14/h2-4H,1H3,(H,15,16)(H,18,19). The molecule has 0 fully saturated rings. The SMILES string of the molecule is CC(=O)c1sc(Nc2c(Br)cccc2Br)nc1C(=O)O. The van der Waals surface area contributed by atoms with E-state index in [9.17, 15) is 9.59 Å². The monoisotopic (exact) mass is 418 g/mol. The summed E-state index contributed by atoms with van der Waals surface area (Å²) in [5.41, 5.74) is 0.487. The Morgan fingerprint density at radius 1 is 1.30 bits per heavy atom. The number of para-hydroxylation sites is 1. The number of carbonyl (C=O) groups excluding carboxylic acids is 1. The van der Waals surface area contributed by atoms with Gasteiger partial charge < -0.3 is 10.4 Å². The molecule has 0 saturated carbocycles. The third kappa shape index (κ3) is 3.08. The molecular formula is C12H8Br2N2O3S. The van der Waals surface area contributed by atoms with Crippen LogP contribution in [-0.4, -0.2) is 21.8 Å². The van der Waals surface area contributed by atoms with Crippen LogP contribution >= 0.6 is 43.2 Å². The molecule has 0 saturated heterocycles. The van der Waals surface area contributed by atoms with E-state index in [1.165, 1.54) is 6.92 Å². The van der Waals surface area contributed by atoms with Gasteiger partial charge in [0.1, 0.15) is 4.88 Å². The molecule has 5 nitrogen and oxygen atoms in total. The van der Waals surface area contributed by atoms with Crippen molar-refractivity contribution in [2.24, 2.45) is 0 Å². The van der Waals surface area contributed by atoms with Crippen LogP contribution in [0.3, 0.4) is 0 Å². The van der Waals surface area contributed by atoms with Crippen LogP contribution in [0.5, 0.6) is 0 Å². The molecule has 0 unspecified atom stereocenters. The second-order valence-corrected chi connectivity index (χ2v) is 6.49. The van der Waals surface area contributed by atoms with E-state index >= 15 is 0 Å². The predicted molar refractivity (Wildman–Crippen MR) is 84.2 cm³/mol. The number of nitrogens with zero attached hydrogens (tertiary/aromatic N) is 1. The lowest BCUT2D eigenvalue weighted by molar-refractivity contribution is 0.0687. The number of halogens is 2. The van der Waals surface area contributed by atoms with Crippen molar-refractivity contribution in [3.05, 3.63) is 37.7 Å². The number of aromatic nitrogens is 1. The highest BCUT2D eigenvalue weighted by Crippen LogP contribution is 2.35. The lowest BCUT2D eigenvalue weighted by atomic mass is 10.3. The molecule has 0 bridgehead atoms. The minimum absolute atomic E-state index is 0.128. The van der Waals surface area contributed by atoms with E-state index in [2.05, 4.69) is 42.2 Å². The summed E-state index contributed by atoms with van der Waals surface area (Å²) in [4.78, 5) is 26.6. The number of hydrogen-bond acceptors (Lipinski definition) is 5. The van der Waals surface area contributed by atoms with Gasteiger partial charge in [-0.25, -0.2) is 9.78 Å². The summed E-state index contributed by atoms with van der Waals surface area (Å²) >= 11 is 7.79. The fourth-order valence-corrected chi connectivity index (χ4v) is 3.53. The third-order valence-electron chi connectivity index (χ3n) is 2.34. The summed E-state index contributed by atoms with van der Waals surface area (Å²) in [6.45, 7) is 1.32. The van der Waals surface area contributed by atoms with Gasteiger partial charge in [-0.1, -0.05) is 17.4 Å². The Labute approximate surface area is 135 Å². The number of carboxylic acid groups (broad SMARTS) is 1. The van der Waals surface area contributed by atoms with E-state index in [0.29, 0.717) is 10.8 Å². The summed E-state index contributed by atoms with van der Waals surface area (Å²) in [5, 5.41) is 12.4. The fourth-order valence-electron chi connectivity index (χ4n) is 1.48. The van der Waals surface area contributed by atoms with Crippen LogP contribution in [-0.2, 0) is 0 Å². The van der Waals surface area contributed by atoms with Crippen molar-refractivity contribution in [3.63, 3.8) is 0 Å². The van der Waals surface area contributed by atoms with Gasteiger partial charge in [0, 0.05) is 15.9 Å². The highest BCUT2D eigenvalue weighted by atomic mass is 79.9. The fraction of sp³-hybridized carbons (Fsp3) is 0.0833. The molecule has 2 aromatic rings. The van der Waals surface area contributed by atoms with Gasteiger partial charge in [0.25, 0.3) is 0 Å². The average Bonchev–Trinajstić information content (AvgIpc) is 2.78. The third-order valence-corrected chi connectivity index (χ3v) is 4.74. The normalized spacial score (nSPS) is 10.3. The van der Waals surface area contributed by atoms with Crippen molar-refractivity contribution in [2.75, 3.05) is 5.32 Å². The molecule has 1 aromatic carbocycles. The summed E-state index contributed by atoms with van der Waals surface area (Å²) in [7, 11) is 0. The zero-order valence-corrected chi connectivity index (χ0v) is 14.1.